The minimum atomic E-state index is 0.00357. The summed E-state index contributed by atoms with van der Waals surface area (Å²) >= 11 is 1.85. The molecule has 28 heavy (non-hydrogen) atoms. The molecule has 0 radical (unpaired) electrons. The number of nitrogens with zero attached hydrogens (tertiary/aromatic N) is 2. The summed E-state index contributed by atoms with van der Waals surface area (Å²) in [5.74, 6) is 0.719. The van der Waals surface area contributed by atoms with E-state index in [1.807, 2.05) is 11.3 Å². The molecular weight excluding hydrogens is 372 g/mol. The molecule has 6 nitrogen and oxygen atoms in total. The van der Waals surface area contributed by atoms with Crippen molar-refractivity contribution in [2.45, 2.75) is 56.5 Å². The van der Waals surface area contributed by atoms with Crippen LogP contribution in [0.4, 0.5) is 0 Å². The summed E-state index contributed by atoms with van der Waals surface area (Å²) in [5.41, 5.74) is 0.171. The Labute approximate surface area is 172 Å². The summed E-state index contributed by atoms with van der Waals surface area (Å²) in [6.07, 6.45) is 8.71. The van der Waals surface area contributed by atoms with E-state index < -0.39 is 0 Å². The van der Waals surface area contributed by atoms with E-state index in [-0.39, 0.29) is 24.0 Å². The van der Waals surface area contributed by atoms with Gasteiger partial charge in [0.1, 0.15) is 6.54 Å². The van der Waals surface area contributed by atoms with Crippen LogP contribution < -0.4 is 10.6 Å². The van der Waals surface area contributed by atoms with Gasteiger partial charge in [-0.3, -0.25) is 4.79 Å². The molecule has 2 N–H and O–H groups in total. The van der Waals surface area contributed by atoms with Crippen LogP contribution in [0.1, 0.15) is 49.8 Å². The van der Waals surface area contributed by atoms with Gasteiger partial charge in [-0.15, -0.1) is 11.3 Å². The lowest BCUT2D eigenvalue weighted by Gasteiger charge is -2.37. The molecule has 1 unspecified atom stereocenters. The van der Waals surface area contributed by atoms with Gasteiger partial charge in [-0.25, -0.2) is 4.99 Å². The quantitative estimate of drug-likeness (QED) is 0.540. The van der Waals surface area contributed by atoms with Crippen molar-refractivity contribution in [1.29, 1.82) is 0 Å². The van der Waals surface area contributed by atoms with Gasteiger partial charge >= 0.3 is 0 Å². The maximum Gasteiger partial charge on any atom is 0.243 e. The average Bonchev–Trinajstić information content (AvgIpc) is 3.42. The summed E-state index contributed by atoms with van der Waals surface area (Å²) in [6.45, 7) is 2.57. The van der Waals surface area contributed by atoms with Gasteiger partial charge in [0.15, 0.2) is 5.96 Å². The van der Waals surface area contributed by atoms with Crippen molar-refractivity contribution in [2.24, 2.45) is 4.99 Å². The smallest absolute Gasteiger partial charge is 0.243 e. The van der Waals surface area contributed by atoms with Crippen molar-refractivity contribution in [3.63, 3.8) is 0 Å². The van der Waals surface area contributed by atoms with E-state index in [1.165, 1.54) is 37.0 Å². The van der Waals surface area contributed by atoms with E-state index >= 15 is 0 Å². The Kier molecular flexibility index (Phi) is 7.73. The Balaban J connectivity index is 1.65. The molecule has 1 atom stereocenters. The third kappa shape index (κ3) is 5.70. The number of hydrogen-bond donors (Lipinski definition) is 2. The van der Waals surface area contributed by atoms with Crippen molar-refractivity contribution in [1.82, 2.24) is 15.5 Å². The van der Waals surface area contributed by atoms with Crippen molar-refractivity contribution >= 4 is 23.2 Å². The van der Waals surface area contributed by atoms with Crippen LogP contribution in [0.25, 0.3) is 0 Å². The van der Waals surface area contributed by atoms with Gasteiger partial charge in [-0.05, 0) is 37.1 Å². The Bertz CT molecular complexity index is 633. The van der Waals surface area contributed by atoms with Crippen LogP contribution in [0.5, 0.6) is 0 Å². The summed E-state index contributed by atoms with van der Waals surface area (Å²) < 4.78 is 5.72. The maximum absolute atomic E-state index is 12.0. The van der Waals surface area contributed by atoms with E-state index in [2.05, 4.69) is 33.1 Å². The molecule has 0 bridgehead atoms. The molecule has 1 aromatic rings. The number of hydrogen-bond acceptors (Lipinski definition) is 4. The largest absolute Gasteiger partial charge is 0.376 e. The molecule has 1 aromatic heterocycles. The fraction of sp³-hybridized carbons (Fsp3) is 0.714. The zero-order valence-electron chi connectivity index (χ0n) is 17.2. The highest BCUT2D eigenvalue weighted by atomic mass is 32.1. The molecule has 156 valence electrons. The molecule has 1 amide bonds. The topological polar surface area (TPSA) is 66.0 Å². The van der Waals surface area contributed by atoms with Crippen molar-refractivity contribution in [3.8, 4) is 0 Å². The molecule has 7 heteroatoms. The molecule has 0 spiro atoms. The SMILES string of the molecule is CN(C)C(=O)CN=C(NCC1CCCO1)NCC1(c2cccs2)CCCCC1. The van der Waals surface area contributed by atoms with E-state index in [0.29, 0.717) is 5.96 Å². The first-order valence-corrected chi connectivity index (χ1v) is 11.3. The monoisotopic (exact) mass is 406 g/mol. The summed E-state index contributed by atoms with van der Waals surface area (Å²) in [6, 6.07) is 4.42. The Morgan fingerprint density at radius 3 is 2.75 bits per heavy atom. The van der Waals surface area contributed by atoms with Crippen LogP contribution >= 0.6 is 11.3 Å². The zero-order chi connectivity index (χ0) is 19.8. The van der Waals surface area contributed by atoms with Gasteiger partial charge in [0, 0.05) is 44.1 Å². The third-order valence-electron chi connectivity index (χ3n) is 5.84. The van der Waals surface area contributed by atoms with Gasteiger partial charge in [-0.1, -0.05) is 25.3 Å². The standard InChI is InChI=1S/C21H34N4O2S/c1-25(2)19(26)15-23-20(22-14-17-8-6-12-27-17)24-16-21(10-4-3-5-11-21)18-9-7-13-28-18/h7,9,13,17H,3-6,8,10-12,14-16H2,1-2H3,(H2,22,23,24). The molecule has 2 heterocycles. The van der Waals surface area contributed by atoms with Crippen LogP contribution in [0, 0.1) is 0 Å². The van der Waals surface area contributed by atoms with Crippen LogP contribution in [0.2, 0.25) is 0 Å². The predicted octanol–water partition coefficient (Wildman–Crippen LogP) is 2.75. The summed E-state index contributed by atoms with van der Waals surface area (Å²) in [7, 11) is 3.52. The van der Waals surface area contributed by atoms with Crippen LogP contribution in [-0.2, 0) is 14.9 Å². The van der Waals surface area contributed by atoms with E-state index in [9.17, 15) is 4.79 Å². The van der Waals surface area contributed by atoms with Gasteiger partial charge in [0.05, 0.1) is 6.10 Å². The van der Waals surface area contributed by atoms with Crippen molar-refractivity contribution in [3.05, 3.63) is 22.4 Å². The number of rotatable bonds is 7. The molecule has 3 rings (SSSR count). The second-order valence-corrected chi connectivity index (χ2v) is 9.09. The second kappa shape index (κ2) is 10.3. The molecule has 1 aliphatic carbocycles. The van der Waals surface area contributed by atoms with Crippen LogP contribution in [-0.4, -0.2) is 63.2 Å². The first-order chi connectivity index (χ1) is 13.6. The number of thiophene rings is 1. The third-order valence-corrected chi connectivity index (χ3v) is 6.96. The average molecular weight is 407 g/mol. The van der Waals surface area contributed by atoms with E-state index in [1.54, 1.807) is 19.0 Å². The fourth-order valence-electron chi connectivity index (χ4n) is 4.05. The highest BCUT2D eigenvalue weighted by Crippen LogP contribution is 2.41. The lowest BCUT2D eigenvalue weighted by molar-refractivity contribution is -0.127. The second-order valence-electron chi connectivity index (χ2n) is 8.14. The van der Waals surface area contributed by atoms with Crippen LogP contribution in [0.3, 0.4) is 0 Å². The minimum Gasteiger partial charge on any atom is -0.376 e. The van der Waals surface area contributed by atoms with E-state index in [0.717, 1.165) is 32.5 Å². The van der Waals surface area contributed by atoms with Crippen molar-refractivity contribution in [2.75, 3.05) is 40.3 Å². The molecule has 1 saturated heterocycles. The maximum atomic E-state index is 12.0. The molecule has 2 fully saturated rings. The van der Waals surface area contributed by atoms with Gasteiger partial charge in [0.25, 0.3) is 0 Å². The number of nitrogens with one attached hydrogen (secondary N) is 2. The number of amides is 1. The first kappa shape index (κ1) is 21.1. The molecule has 0 aromatic carbocycles. The van der Waals surface area contributed by atoms with Gasteiger partial charge in [0.2, 0.25) is 5.91 Å². The number of ether oxygens (including phenoxy) is 1. The first-order valence-electron chi connectivity index (χ1n) is 10.5. The zero-order valence-corrected chi connectivity index (χ0v) is 18.0. The van der Waals surface area contributed by atoms with Gasteiger partial charge < -0.3 is 20.3 Å². The molecule has 1 aliphatic heterocycles. The predicted molar refractivity (Wildman–Crippen MR) is 115 cm³/mol. The van der Waals surface area contributed by atoms with Crippen molar-refractivity contribution < 1.29 is 9.53 Å². The van der Waals surface area contributed by atoms with Gasteiger partial charge in [-0.2, -0.15) is 0 Å². The minimum absolute atomic E-state index is 0.00357. The highest BCUT2D eigenvalue weighted by Gasteiger charge is 2.35. The van der Waals surface area contributed by atoms with E-state index in [4.69, 9.17) is 4.74 Å². The highest BCUT2D eigenvalue weighted by molar-refractivity contribution is 7.10. The number of carbonyl (C=O) groups excluding carboxylic acids is 1. The van der Waals surface area contributed by atoms with Crippen LogP contribution in [0.15, 0.2) is 22.5 Å². The number of carbonyl (C=O) groups is 1. The molecule has 2 aliphatic rings. The molecular formula is C21H34N4O2S. The Hall–Kier alpha value is -1.60. The Morgan fingerprint density at radius 1 is 1.29 bits per heavy atom. The summed E-state index contributed by atoms with van der Waals surface area (Å²) in [5, 5.41) is 9.13. The normalized spacial score (nSPS) is 22.1. The lowest BCUT2D eigenvalue weighted by Crippen LogP contribution is -2.48. The lowest BCUT2D eigenvalue weighted by atomic mass is 9.73. The number of likely N-dealkylation sites (N-methyl/N-ethyl adjacent to an activating group) is 1. The summed E-state index contributed by atoms with van der Waals surface area (Å²) in [4.78, 5) is 19.6. The number of guanidine groups is 1. The Morgan fingerprint density at radius 2 is 2.11 bits per heavy atom. The fourth-order valence-corrected chi connectivity index (χ4v) is 5.04. The molecule has 1 saturated carbocycles. The number of aliphatic imine (C=N–C) groups is 1.